The summed E-state index contributed by atoms with van der Waals surface area (Å²) >= 11 is 1.71. The third-order valence-electron chi connectivity index (χ3n) is 2.81. The molecule has 5 heteroatoms. The lowest BCUT2D eigenvalue weighted by atomic mass is 10.2. The van der Waals surface area contributed by atoms with Crippen molar-refractivity contribution in [2.75, 3.05) is 13.2 Å². The van der Waals surface area contributed by atoms with Crippen molar-refractivity contribution in [2.45, 2.75) is 33.4 Å². The third kappa shape index (κ3) is 4.74. The molecule has 2 heterocycles. The van der Waals surface area contributed by atoms with Crippen LogP contribution < -0.4 is 5.32 Å². The zero-order chi connectivity index (χ0) is 14.4. The molecule has 0 saturated heterocycles. The smallest absolute Gasteiger partial charge is 0.123 e. The van der Waals surface area contributed by atoms with Crippen LogP contribution in [0.2, 0.25) is 0 Å². The van der Waals surface area contributed by atoms with Gasteiger partial charge in [-0.05, 0) is 25.0 Å². The van der Waals surface area contributed by atoms with Gasteiger partial charge in [-0.25, -0.2) is 4.98 Å². The van der Waals surface area contributed by atoms with Gasteiger partial charge in [0.1, 0.15) is 5.76 Å². The maximum Gasteiger partial charge on any atom is 0.123 e. The molecule has 110 valence electrons. The van der Waals surface area contributed by atoms with Crippen LogP contribution in [0.5, 0.6) is 0 Å². The Bertz CT molecular complexity index is 494. The minimum atomic E-state index is 0.0751. The average molecular weight is 294 g/mol. The Balaban J connectivity index is 1.89. The van der Waals surface area contributed by atoms with E-state index < -0.39 is 0 Å². The number of hydrogen-bond donors (Lipinski definition) is 1. The summed E-state index contributed by atoms with van der Waals surface area (Å²) in [5.41, 5.74) is 0. The van der Waals surface area contributed by atoms with Crippen molar-refractivity contribution >= 4 is 11.3 Å². The van der Waals surface area contributed by atoms with E-state index in [-0.39, 0.29) is 6.04 Å². The average Bonchev–Trinajstić information content (AvgIpc) is 3.04. The molecular weight excluding hydrogens is 272 g/mol. The zero-order valence-corrected chi connectivity index (χ0v) is 13.1. The molecule has 20 heavy (non-hydrogen) atoms. The molecule has 0 amide bonds. The first-order valence-electron chi connectivity index (χ1n) is 6.91. The molecule has 0 aliphatic rings. The summed E-state index contributed by atoms with van der Waals surface area (Å²) in [6, 6.07) is 3.96. The first kappa shape index (κ1) is 15.2. The van der Waals surface area contributed by atoms with E-state index in [1.165, 1.54) is 4.88 Å². The number of hydrogen-bond acceptors (Lipinski definition) is 5. The van der Waals surface area contributed by atoms with Gasteiger partial charge < -0.3 is 14.5 Å². The fraction of sp³-hybridized carbons (Fsp3) is 0.533. The number of nitrogens with one attached hydrogen (secondary N) is 1. The van der Waals surface area contributed by atoms with E-state index in [9.17, 15) is 0 Å². The first-order chi connectivity index (χ1) is 9.65. The molecule has 1 N–H and O–H groups in total. The second kappa shape index (κ2) is 7.57. The van der Waals surface area contributed by atoms with Crippen LogP contribution in [0.1, 0.15) is 35.5 Å². The lowest BCUT2D eigenvalue weighted by Crippen LogP contribution is -2.25. The minimum Gasteiger partial charge on any atom is -0.468 e. The van der Waals surface area contributed by atoms with Gasteiger partial charge in [0.15, 0.2) is 0 Å². The standard InChI is InChI=1S/C15H22N2O2S/c1-11(2)9-18-10-14(15-5-4-6-19-15)17-8-13-7-16-12(3)20-13/h4-7,11,14,17H,8-10H2,1-3H3. The quantitative estimate of drug-likeness (QED) is 0.809. The summed E-state index contributed by atoms with van der Waals surface area (Å²) in [4.78, 5) is 5.49. The van der Waals surface area contributed by atoms with Crippen LogP contribution in [0.25, 0.3) is 0 Å². The highest BCUT2D eigenvalue weighted by atomic mass is 32.1. The van der Waals surface area contributed by atoms with Crippen LogP contribution in [-0.2, 0) is 11.3 Å². The maximum atomic E-state index is 5.74. The van der Waals surface area contributed by atoms with E-state index in [1.807, 2.05) is 25.3 Å². The molecule has 0 saturated carbocycles. The van der Waals surface area contributed by atoms with Crippen LogP contribution in [0.15, 0.2) is 29.0 Å². The molecule has 4 nitrogen and oxygen atoms in total. The summed E-state index contributed by atoms with van der Waals surface area (Å²) < 4.78 is 11.2. The molecule has 1 unspecified atom stereocenters. The largest absolute Gasteiger partial charge is 0.468 e. The molecule has 0 aliphatic carbocycles. The van der Waals surface area contributed by atoms with E-state index in [0.29, 0.717) is 12.5 Å². The molecule has 0 spiro atoms. The number of ether oxygens (including phenoxy) is 1. The summed E-state index contributed by atoms with van der Waals surface area (Å²) in [7, 11) is 0. The SMILES string of the molecule is Cc1ncc(CNC(COCC(C)C)c2ccco2)s1. The van der Waals surface area contributed by atoms with Crippen LogP contribution in [-0.4, -0.2) is 18.2 Å². The van der Waals surface area contributed by atoms with Gasteiger partial charge in [0, 0.05) is 24.2 Å². The molecule has 1 atom stereocenters. The predicted octanol–water partition coefficient (Wildman–Crippen LogP) is 3.55. The second-order valence-electron chi connectivity index (χ2n) is 5.23. The molecule has 2 aromatic heterocycles. The van der Waals surface area contributed by atoms with Crippen molar-refractivity contribution in [3.8, 4) is 0 Å². The van der Waals surface area contributed by atoms with E-state index >= 15 is 0 Å². The number of aromatic nitrogens is 1. The normalized spacial score (nSPS) is 13.0. The molecule has 0 radical (unpaired) electrons. The lowest BCUT2D eigenvalue weighted by molar-refractivity contribution is 0.0845. The van der Waals surface area contributed by atoms with E-state index in [4.69, 9.17) is 9.15 Å². The van der Waals surface area contributed by atoms with Crippen molar-refractivity contribution in [2.24, 2.45) is 5.92 Å². The van der Waals surface area contributed by atoms with Gasteiger partial charge in [-0.3, -0.25) is 0 Å². The second-order valence-corrected chi connectivity index (χ2v) is 6.55. The number of thiazole rings is 1. The maximum absolute atomic E-state index is 5.74. The van der Waals surface area contributed by atoms with E-state index in [0.717, 1.165) is 23.9 Å². The van der Waals surface area contributed by atoms with Crippen molar-refractivity contribution < 1.29 is 9.15 Å². The Morgan fingerprint density at radius 3 is 2.85 bits per heavy atom. The third-order valence-corrected chi connectivity index (χ3v) is 3.73. The molecule has 2 rings (SSSR count). The van der Waals surface area contributed by atoms with Gasteiger partial charge >= 0.3 is 0 Å². The van der Waals surface area contributed by atoms with Crippen LogP contribution >= 0.6 is 11.3 Å². The molecule has 0 bridgehead atoms. The highest BCUT2D eigenvalue weighted by Gasteiger charge is 2.15. The monoisotopic (exact) mass is 294 g/mol. The summed E-state index contributed by atoms with van der Waals surface area (Å²) in [5.74, 6) is 1.45. The van der Waals surface area contributed by atoms with Crippen molar-refractivity contribution in [3.63, 3.8) is 0 Å². The summed E-state index contributed by atoms with van der Waals surface area (Å²) in [6.07, 6.45) is 3.62. The van der Waals surface area contributed by atoms with Gasteiger partial charge in [0.2, 0.25) is 0 Å². The molecular formula is C15H22N2O2S. The van der Waals surface area contributed by atoms with Crippen LogP contribution in [0, 0.1) is 12.8 Å². The van der Waals surface area contributed by atoms with E-state index in [1.54, 1.807) is 17.6 Å². The lowest BCUT2D eigenvalue weighted by Gasteiger charge is -2.17. The molecule has 2 aromatic rings. The zero-order valence-electron chi connectivity index (χ0n) is 12.3. The summed E-state index contributed by atoms with van der Waals surface area (Å²) in [5, 5.41) is 4.57. The highest BCUT2D eigenvalue weighted by Crippen LogP contribution is 2.17. The van der Waals surface area contributed by atoms with Crippen molar-refractivity contribution in [1.82, 2.24) is 10.3 Å². The summed E-state index contributed by atoms with van der Waals surface area (Å²) in [6.45, 7) is 8.47. The first-order valence-corrected chi connectivity index (χ1v) is 7.72. The number of furan rings is 1. The number of rotatable bonds is 8. The predicted molar refractivity (Wildman–Crippen MR) is 80.8 cm³/mol. The Morgan fingerprint density at radius 1 is 1.40 bits per heavy atom. The fourth-order valence-electron chi connectivity index (χ4n) is 1.86. The topological polar surface area (TPSA) is 47.3 Å². The Morgan fingerprint density at radius 2 is 2.25 bits per heavy atom. The Labute approximate surface area is 124 Å². The fourth-order valence-corrected chi connectivity index (χ4v) is 2.61. The van der Waals surface area contributed by atoms with Crippen LogP contribution in [0.4, 0.5) is 0 Å². The molecule has 0 fully saturated rings. The van der Waals surface area contributed by atoms with Gasteiger partial charge in [-0.1, -0.05) is 13.8 Å². The minimum absolute atomic E-state index is 0.0751. The van der Waals surface area contributed by atoms with Gasteiger partial charge in [-0.15, -0.1) is 11.3 Å². The number of nitrogens with zero attached hydrogens (tertiary/aromatic N) is 1. The van der Waals surface area contributed by atoms with Gasteiger partial charge in [-0.2, -0.15) is 0 Å². The van der Waals surface area contributed by atoms with E-state index in [2.05, 4.69) is 24.1 Å². The van der Waals surface area contributed by atoms with Crippen LogP contribution in [0.3, 0.4) is 0 Å². The van der Waals surface area contributed by atoms with Gasteiger partial charge in [0.25, 0.3) is 0 Å². The number of aryl methyl sites for hydroxylation is 1. The van der Waals surface area contributed by atoms with Crippen molar-refractivity contribution in [3.05, 3.63) is 40.2 Å². The van der Waals surface area contributed by atoms with Gasteiger partial charge in [0.05, 0.1) is 23.9 Å². The highest BCUT2D eigenvalue weighted by molar-refractivity contribution is 7.11. The molecule has 0 aromatic carbocycles. The van der Waals surface area contributed by atoms with Crippen molar-refractivity contribution in [1.29, 1.82) is 0 Å². The molecule has 0 aliphatic heterocycles. The Hall–Kier alpha value is -1.17. The Kier molecular flexibility index (Phi) is 5.76.